The van der Waals surface area contributed by atoms with Crippen molar-refractivity contribution in [3.63, 3.8) is 0 Å². The number of rotatable bonds is 1. The quantitative estimate of drug-likeness (QED) is 0.572. The first kappa shape index (κ1) is 14.1. The van der Waals surface area contributed by atoms with Crippen molar-refractivity contribution in [3.8, 4) is 0 Å². The number of halogens is 5. The van der Waals surface area contributed by atoms with Gasteiger partial charge in [0, 0.05) is 10.1 Å². The van der Waals surface area contributed by atoms with Crippen LogP contribution in [0.1, 0.15) is 15.2 Å². The summed E-state index contributed by atoms with van der Waals surface area (Å²) in [4.78, 5) is 10.7. The molecule has 1 heterocycles. The Morgan fingerprint density at radius 3 is 2.53 bits per heavy atom. The van der Waals surface area contributed by atoms with Crippen molar-refractivity contribution in [2.75, 3.05) is 7.11 Å². The summed E-state index contributed by atoms with van der Waals surface area (Å²) in [5, 5.41) is -1.14. The van der Waals surface area contributed by atoms with Crippen molar-refractivity contribution in [2.24, 2.45) is 0 Å². The maximum atomic E-state index is 13.8. The molecular weight excluding hydrogens is 308 g/mol. The van der Waals surface area contributed by atoms with Crippen LogP contribution in [0.25, 0.3) is 10.1 Å². The predicted molar refractivity (Wildman–Crippen MR) is 63.1 cm³/mol. The molecule has 0 atom stereocenters. The van der Waals surface area contributed by atoms with Crippen LogP contribution in [0.4, 0.5) is 17.6 Å². The minimum absolute atomic E-state index is 0.0189. The van der Waals surface area contributed by atoms with Crippen molar-refractivity contribution < 1.29 is 27.1 Å². The number of carbonyl (C=O) groups excluding carboxylic acids is 1. The molecule has 1 aromatic heterocycles. The third-order valence-corrected chi connectivity index (χ3v) is 3.83. The Hall–Kier alpha value is -1.34. The highest BCUT2D eigenvalue weighted by molar-refractivity contribution is 7.21. The van der Waals surface area contributed by atoms with E-state index < -0.39 is 38.8 Å². The number of ether oxygens (including phenoxy) is 1. The Balaban J connectivity index is 2.92. The third-order valence-electron chi connectivity index (χ3n) is 2.40. The van der Waals surface area contributed by atoms with Gasteiger partial charge in [0.25, 0.3) is 0 Å². The molecule has 2 aromatic rings. The first-order valence-corrected chi connectivity index (χ1v) is 6.02. The molecule has 0 N–H and O–H groups in total. The van der Waals surface area contributed by atoms with E-state index in [1.165, 1.54) is 6.07 Å². The molecule has 0 spiro atoms. The van der Waals surface area contributed by atoms with Crippen molar-refractivity contribution in [1.29, 1.82) is 0 Å². The van der Waals surface area contributed by atoms with E-state index in [2.05, 4.69) is 4.74 Å². The van der Waals surface area contributed by atoms with Crippen molar-refractivity contribution >= 4 is 39.0 Å². The lowest BCUT2D eigenvalue weighted by molar-refractivity contribution is -0.136. The molecular formula is C11H5ClF4O2S. The monoisotopic (exact) mass is 312 g/mol. The number of hydrogen-bond acceptors (Lipinski definition) is 3. The summed E-state index contributed by atoms with van der Waals surface area (Å²) in [5.74, 6) is -2.36. The lowest BCUT2D eigenvalue weighted by atomic mass is 10.1. The van der Waals surface area contributed by atoms with Gasteiger partial charge < -0.3 is 4.74 Å². The first-order valence-electron chi connectivity index (χ1n) is 4.83. The summed E-state index contributed by atoms with van der Waals surface area (Å²) in [6.07, 6.45) is -4.88. The Kier molecular flexibility index (Phi) is 3.44. The van der Waals surface area contributed by atoms with Gasteiger partial charge in [-0.05, 0) is 12.1 Å². The van der Waals surface area contributed by atoms with Crippen LogP contribution in [0, 0.1) is 5.82 Å². The Bertz CT molecular complexity index is 663. The molecule has 2 rings (SSSR count). The molecule has 0 amide bonds. The minimum Gasteiger partial charge on any atom is -0.465 e. The van der Waals surface area contributed by atoms with E-state index in [1.807, 2.05) is 0 Å². The smallest absolute Gasteiger partial charge is 0.418 e. The van der Waals surface area contributed by atoms with Gasteiger partial charge in [0.05, 0.1) is 17.7 Å². The van der Waals surface area contributed by atoms with Crippen LogP contribution in [0.5, 0.6) is 0 Å². The number of alkyl halides is 3. The predicted octanol–water partition coefficient (Wildman–Crippen LogP) is 4.50. The summed E-state index contributed by atoms with van der Waals surface area (Å²) < 4.78 is 57.1. The molecule has 19 heavy (non-hydrogen) atoms. The fourth-order valence-corrected chi connectivity index (χ4v) is 2.93. The molecule has 2 nitrogen and oxygen atoms in total. The molecule has 0 aliphatic rings. The second-order valence-electron chi connectivity index (χ2n) is 3.53. The number of benzene rings is 1. The maximum Gasteiger partial charge on any atom is 0.418 e. The second kappa shape index (κ2) is 4.64. The maximum absolute atomic E-state index is 13.8. The van der Waals surface area contributed by atoms with Crippen LogP contribution >= 0.6 is 22.9 Å². The molecule has 0 aliphatic heterocycles. The van der Waals surface area contributed by atoms with E-state index in [1.54, 1.807) is 0 Å². The zero-order valence-electron chi connectivity index (χ0n) is 9.27. The summed E-state index contributed by atoms with van der Waals surface area (Å²) in [6, 6.07) is 2.37. The molecule has 0 aliphatic carbocycles. The minimum atomic E-state index is -4.88. The number of fused-ring (bicyclic) bond motifs is 1. The zero-order valence-corrected chi connectivity index (χ0v) is 10.8. The van der Waals surface area contributed by atoms with Gasteiger partial charge in [-0.15, -0.1) is 11.3 Å². The van der Waals surface area contributed by atoms with Gasteiger partial charge in [0.1, 0.15) is 4.88 Å². The van der Waals surface area contributed by atoms with Gasteiger partial charge in [-0.2, -0.15) is 13.2 Å². The Labute approximate surface area is 113 Å². The molecule has 1 aromatic carbocycles. The number of hydrogen-bond donors (Lipinski definition) is 0. The van der Waals surface area contributed by atoms with Crippen molar-refractivity contribution in [2.45, 2.75) is 6.18 Å². The van der Waals surface area contributed by atoms with E-state index in [9.17, 15) is 22.4 Å². The fourth-order valence-electron chi connectivity index (χ4n) is 1.63. The Morgan fingerprint density at radius 2 is 2.00 bits per heavy atom. The van der Waals surface area contributed by atoms with Crippen molar-refractivity contribution in [3.05, 3.63) is 33.4 Å². The second-order valence-corrected chi connectivity index (χ2v) is 4.99. The van der Waals surface area contributed by atoms with E-state index in [0.29, 0.717) is 11.3 Å². The molecule has 0 fully saturated rings. The highest BCUT2D eigenvalue weighted by Gasteiger charge is 2.41. The van der Waals surface area contributed by atoms with Gasteiger partial charge in [0.15, 0.2) is 5.82 Å². The molecule has 0 bridgehead atoms. The average molecular weight is 313 g/mol. The summed E-state index contributed by atoms with van der Waals surface area (Å²) in [7, 11) is 0.955. The zero-order chi connectivity index (χ0) is 14.4. The van der Waals surface area contributed by atoms with Crippen LogP contribution in [-0.2, 0) is 10.9 Å². The summed E-state index contributed by atoms with van der Waals surface area (Å²) in [5.41, 5.74) is -1.35. The molecule has 8 heteroatoms. The van der Waals surface area contributed by atoms with Gasteiger partial charge in [-0.1, -0.05) is 11.6 Å². The summed E-state index contributed by atoms with van der Waals surface area (Å²) >= 11 is 5.99. The fraction of sp³-hybridized carbons (Fsp3) is 0.182. The standard InChI is InChI=1S/C11H5ClF4O2S/c1-18-10(17)9-7(11(14,15)16)6-5(19-9)3-2-4(12)8(6)13/h2-3H,1H3. The summed E-state index contributed by atoms with van der Waals surface area (Å²) in [6.45, 7) is 0. The van der Waals surface area contributed by atoms with Crippen LogP contribution < -0.4 is 0 Å². The molecule has 0 saturated heterocycles. The van der Waals surface area contributed by atoms with E-state index in [0.717, 1.165) is 13.2 Å². The van der Waals surface area contributed by atoms with Gasteiger partial charge in [-0.3, -0.25) is 0 Å². The lowest BCUT2D eigenvalue weighted by Crippen LogP contribution is -2.12. The number of carbonyl (C=O) groups is 1. The molecule has 0 unspecified atom stereocenters. The third kappa shape index (κ3) is 2.28. The highest BCUT2D eigenvalue weighted by Crippen LogP contribution is 2.44. The van der Waals surface area contributed by atoms with Crippen LogP contribution in [0.2, 0.25) is 5.02 Å². The van der Waals surface area contributed by atoms with Crippen LogP contribution in [-0.4, -0.2) is 13.1 Å². The average Bonchev–Trinajstić information content (AvgIpc) is 2.72. The van der Waals surface area contributed by atoms with Gasteiger partial charge in [0.2, 0.25) is 0 Å². The van der Waals surface area contributed by atoms with E-state index in [-0.39, 0.29) is 4.70 Å². The van der Waals surface area contributed by atoms with E-state index in [4.69, 9.17) is 11.6 Å². The highest BCUT2D eigenvalue weighted by atomic mass is 35.5. The molecule has 102 valence electrons. The lowest BCUT2D eigenvalue weighted by Gasteiger charge is -2.08. The largest absolute Gasteiger partial charge is 0.465 e. The Morgan fingerprint density at radius 1 is 1.37 bits per heavy atom. The van der Waals surface area contributed by atoms with Gasteiger partial charge >= 0.3 is 12.1 Å². The molecule has 0 saturated carbocycles. The van der Waals surface area contributed by atoms with E-state index >= 15 is 0 Å². The van der Waals surface area contributed by atoms with Gasteiger partial charge in [-0.25, -0.2) is 9.18 Å². The molecule has 0 radical (unpaired) electrons. The van der Waals surface area contributed by atoms with Crippen LogP contribution in [0.15, 0.2) is 12.1 Å². The topological polar surface area (TPSA) is 26.3 Å². The van der Waals surface area contributed by atoms with Crippen molar-refractivity contribution in [1.82, 2.24) is 0 Å². The first-order chi connectivity index (χ1) is 8.77. The number of thiophene rings is 1. The number of methoxy groups -OCH3 is 1. The van der Waals surface area contributed by atoms with Crippen LogP contribution in [0.3, 0.4) is 0 Å². The SMILES string of the molecule is COC(=O)c1sc2ccc(Cl)c(F)c2c1C(F)(F)F. The normalized spacial score (nSPS) is 11.9. The number of esters is 1.